The molecule has 0 fully saturated rings. The van der Waals surface area contributed by atoms with Crippen LogP contribution in [0.15, 0.2) is 60.8 Å². The summed E-state index contributed by atoms with van der Waals surface area (Å²) in [5.41, 5.74) is 2.80. The molecule has 3 rings (SSSR count). The summed E-state index contributed by atoms with van der Waals surface area (Å²) in [6.45, 7) is 1.95. The Morgan fingerprint density at radius 1 is 1.15 bits per heavy atom. The summed E-state index contributed by atoms with van der Waals surface area (Å²) in [5, 5.41) is 6.58. The van der Waals surface area contributed by atoms with Crippen LogP contribution in [0.4, 0.5) is 21.6 Å². The number of carbonyl (C=O) groups excluding carboxylic acids is 1. The number of halogens is 2. The van der Waals surface area contributed by atoms with Gasteiger partial charge in [-0.3, -0.25) is 4.79 Å². The molecular formula is C20H17ClFN3O. The lowest BCUT2D eigenvalue weighted by atomic mass is 10.1. The van der Waals surface area contributed by atoms with Crippen LogP contribution in [-0.4, -0.2) is 10.9 Å². The van der Waals surface area contributed by atoms with Crippen molar-refractivity contribution in [1.82, 2.24) is 4.98 Å². The van der Waals surface area contributed by atoms with Gasteiger partial charge in [0, 0.05) is 10.7 Å². The van der Waals surface area contributed by atoms with Crippen LogP contribution < -0.4 is 10.6 Å². The first-order valence-corrected chi connectivity index (χ1v) is 8.41. The molecule has 1 amide bonds. The van der Waals surface area contributed by atoms with Crippen LogP contribution >= 0.6 is 11.6 Å². The predicted octanol–water partition coefficient (Wildman–Crippen LogP) is 5.11. The van der Waals surface area contributed by atoms with Crippen LogP contribution in [0.5, 0.6) is 0 Å². The van der Waals surface area contributed by atoms with Gasteiger partial charge in [-0.25, -0.2) is 9.37 Å². The minimum atomic E-state index is -0.390. The first-order chi connectivity index (χ1) is 12.5. The maximum absolute atomic E-state index is 13.6. The van der Waals surface area contributed by atoms with E-state index in [0.29, 0.717) is 22.1 Å². The lowest BCUT2D eigenvalue weighted by Crippen LogP contribution is -2.15. The van der Waals surface area contributed by atoms with E-state index in [4.69, 9.17) is 11.6 Å². The second kappa shape index (κ2) is 7.97. The van der Waals surface area contributed by atoms with Gasteiger partial charge in [0.05, 0.1) is 18.3 Å². The number of hydrogen-bond acceptors (Lipinski definition) is 3. The van der Waals surface area contributed by atoms with E-state index in [-0.39, 0.29) is 12.3 Å². The van der Waals surface area contributed by atoms with E-state index in [2.05, 4.69) is 15.6 Å². The van der Waals surface area contributed by atoms with Crippen molar-refractivity contribution in [2.45, 2.75) is 13.3 Å². The van der Waals surface area contributed by atoms with E-state index < -0.39 is 5.82 Å². The number of rotatable bonds is 5. The number of nitrogens with one attached hydrogen (secondary N) is 2. The van der Waals surface area contributed by atoms with Gasteiger partial charge < -0.3 is 10.6 Å². The molecule has 0 saturated carbocycles. The second-order valence-corrected chi connectivity index (χ2v) is 6.27. The fraction of sp³-hybridized carbons (Fsp3) is 0.100. The molecule has 0 aliphatic rings. The Kier molecular flexibility index (Phi) is 5.49. The van der Waals surface area contributed by atoms with Gasteiger partial charge in [-0.05, 0) is 54.4 Å². The number of hydrogen-bond donors (Lipinski definition) is 2. The molecular weight excluding hydrogens is 353 g/mol. The van der Waals surface area contributed by atoms with Crippen molar-refractivity contribution in [2.24, 2.45) is 0 Å². The van der Waals surface area contributed by atoms with Crippen LogP contribution in [0.25, 0.3) is 0 Å². The van der Waals surface area contributed by atoms with Crippen molar-refractivity contribution in [1.29, 1.82) is 0 Å². The number of anilines is 3. The summed E-state index contributed by atoms with van der Waals surface area (Å²) in [7, 11) is 0. The Hall–Kier alpha value is -2.92. The SMILES string of the molecule is Cc1cc(Cl)ccc1Nc1ccc(NC(=O)Cc2ccccc2F)cn1. The van der Waals surface area contributed by atoms with Crippen molar-refractivity contribution in [3.8, 4) is 0 Å². The maximum Gasteiger partial charge on any atom is 0.228 e. The molecule has 2 N–H and O–H groups in total. The average molecular weight is 370 g/mol. The molecule has 0 atom stereocenters. The molecule has 132 valence electrons. The van der Waals surface area contributed by atoms with Crippen molar-refractivity contribution in [2.75, 3.05) is 10.6 Å². The van der Waals surface area contributed by atoms with Crippen LogP contribution in [-0.2, 0) is 11.2 Å². The predicted molar refractivity (Wildman–Crippen MR) is 102 cm³/mol. The Bertz CT molecular complexity index is 929. The number of pyridine rings is 1. The van der Waals surface area contributed by atoms with Gasteiger partial charge in [0.2, 0.25) is 5.91 Å². The number of nitrogens with zero attached hydrogens (tertiary/aromatic N) is 1. The van der Waals surface area contributed by atoms with E-state index in [9.17, 15) is 9.18 Å². The molecule has 1 aromatic heterocycles. The molecule has 3 aromatic rings. The number of carbonyl (C=O) groups is 1. The molecule has 0 unspecified atom stereocenters. The van der Waals surface area contributed by atoms with Gasteiger partial charge in [-0.15, -0.1) is 0 Å². The van der Waals surface area contributed by atoms with Crippen LogP contribution in [0.3, 0.4) is 0 Å². The van der Waals surface area contributed by atoms with E-state index in [1.165, 1.54) is 6.07 Å². The summed E-state index contributed by atoms with van der Waals surface area (Å²) < 4.78 is 13.6. The number of amides is 1. The average Bonchev–Trinajstić information content (AvgIpc) is 2.61. The third-order valence-corrected chi connectivity index (χ3v) is 4.04. The van der Waals surface area contributed by atoms with Gasteiger partial charge in [0.25, 0.3) is 0 Å². The van der Waals surface area contributed by atoms with E-state index in [1.54, 1.807) is 42.6 Å². The number of aryl methyl sites for hydroxylation is 1. The first-order valence-electron chi connectivity index (χ1n) is 8.04. The monoisotopic (exact) mass is 369 g/mol. The molecule has 2 aromatic carbocycles. The van der Waals surface area contributed by atoms with Crippen LogP contribution in [0, 0.1) is 12.7 Å². The zero-order chi connectivity index (χ0) is 18.5. The van der Waals surface area contributed by atoms with Crippen LogP contribution in [0.1, 0.15) is 11.1 Å². The molecule has 6 heteroatoms. The van der Waals surface area contributed by atoms with Gasteiger partial charge in [-0.2, -0.15) is 0 Å². The second-order valence-electron chi connectivity index (χ2n) is 5.83. The van der Waals surface area contributed by atoms with E-state index in [1.807, 2.05) is 19.1 Å². The minimum Gasteiger partial charge on any atom is -0.340 e. The Morgan fingerprint density at radius 3 is 2.65 bits per heavy atom. The molecule has 0 aliphatic heterocycles. The molecule has 0 aliphatic carbocycles. The topological polar surface area (TPSA) is 54.0 Å². The van der Waals surface area contributed by atoms with E-state index >= 15 is 0 Å². The summed E-state index contributed by atoms with van der Waals surface area (Å²) >= 11 is 5.95. The van der Waals surface area contributed by atoms with Crippen LogP contribution in [0.2, 0.25) is 5.02 Å². The molecule has 0 radical (unpaired) electrons. The standard InChI is InChI=1S/C20H17ClFN3O/c1-13-10-15(21)6-8-18(13)25-19-9-7-16(12-23-19)24-20(26)11-14-4-2-3-5-17(14)22/h2-10,12H,11H2,1H3,(H,23,25)(H,24,26). The third kappa shape index (κ3) is 4.58. The summed E-state index contributed by atoms with van der Waals surface area (Å²) in [6.07, 6.45) is 1.52. The van der Waals surface area contributed by atoms with Gasteiger partial charge in [-0.1, -0.05) is 29.8 Å². The summed E-state index contributed by atoms with van der Waals surface area (Å²) in [4.78, 5) is 16.3. The Labute approximate surface area is 156 Å². The van der Waals surface area contributed by atoms with Crippen molar-refractivity contribution < 1.29 is 9.18 Å². The van der Waals surface area contributed by atoms with Crippen molar-refractivity contribution in [3.05, 3.63) is 82.8 Å². The number of aromatic nitrogens is 1. The largest absolute Gasteiger partial charge is 0.340 e. The molecule has 4 nitrogen and oxygen atoms in total. The van der Waals surface area contributed by atoms with Gasteiger partial charge >= 0.3 is 0 Å². The molecule has 0 spiro atoms. The smallest absolute Gasteiger partial charge is 0.228 e. The number of benzene rings is 2. The molecule has 1 heterocycles. The highest BCUT2D eigenvalue weighted by Crippen LogP contribution is 2.23. The maximum atomic E-state index is 13.6. The third-order valence-electron chi connectivity index (χ3n) is 3.81. The normalized spacial score (nSPS) is 10.4. The first kappa shape index (κ1) is 17.9. The molecule has 0 bridgehead atoms. The molecule has 0 saturated heterocycles. The zero-order valence-electron chi connectivity index (χ0n) is 14.1. The highest BCUT2D eigenvalue weighted by atomic mass is 35.5. The summed E-state index contributed by atoms with van der Waals surface area (Å²) in [5.74, 6) is -0.0488. The minimum absolute atomic E-state index is 0.0311. The van der Waals surface area contributed by atoms with Crippen molar-refractivity contribution >= 4 is 34.7 Å². The fourth-order valence-electron chi connectivity index (χ4n) is 2.47. The Morgan fingerprint density at radius 2 is 1.96 bits per heavy atom. The lowest BCUT2D eigenvalue weighted by molar-refractivity contribution is -0.115. The van der Waals surface area contributed by atoms with Gasteiger partial charge in [0.15, 0.2) is 0 Å². The fourth-order valence-corrected chi connectivity index (χ4v) is 2.69. The highest BCUT2D eigenvalue weighted by molar-refractivity contribution is 6.30. The van der Waals surface area contributed by atoms with Crippen molar-refractivity contribution in [3.63, 3.8) is 0 Å². The van der Waals surface area contributed by atoms with E-state index in [0.717, 1.165) is 11.3 Å². The Balaban J connectivity index is 1.62. The molecule has 26 heavy (non-hydrogen) atoms. The summed E-state index contributed by atoms with van der Waals surface area (Å²) in [6, 6.07) is 15.3. The van der Waals surface area contributed by atoms with Gasteiger partial charge in [0.1, 0.15) is 11.6 Å². The highest BCUT2D eigenvalue weighted by Gasteiger charge is 2.08. The quantitative estimate of drug-likeness (QED) is 0.657. The lowest BCUT2D eigenvalue weighted by Gasteiger charge is -2.10. The zero-order valence-corrected chi connectivity index (χ0v) is 14.8.